The monoisotopic (exact) mass is 428 g/mol. The average Bonchev–Trinajstić information content (AvgIpc) is 2.96. The molecule has 0 aromatic heterocycles. The second-order valence-corrected chi connectivity index (χ2v) is 7.75. The molecule has 0 spiro atoms. The summed E-state index contributed by atoms with van der Waals surface area (Å²) in [5, 5.41) is 30.6. The third-order valence-electron chi connectivity index (χ3n) is 5.35. The Balaban J connectivity index is 1.90. The number of ether oxygens (including phenoxy) is 1. The lowest BCUT2D eigenvalue weighted by molar-refractivity contribution is -0.137. The van der Waals surface area contributed by atoms with E-state index in [0.29, 0.717) is 6.42 Å². The summed E-state index contributed by atoms with van der Waals surface area (Å²) in [5.74, 6) is -0.437. The highest BCUT2D eigenvalue weighted by molar-refractivity contribution is 5.30. The first-order chi connectivity index (χ1) is 14.2. The maximum absolute atomic E-state index is 12.7. The molecule has 2 rings (SSSR count). The molecule has 5 atom stereocenters. The molecule has 0 aliphatic heterocycles. The van der Waals surface area contributed by atoms with Crippen LogP contribution in [-0.2, 0) is 6.18 Å². The standard InChI is InChI=1S/C23H31F3O4/c1-2-3-4-5-6-10-19-20(22(29)14-21(19)28)12-11-17(27)15-30-18-9-7-8-16(13-18)23(24,25)26/h5-9,11-13,17,19-22,27-29H,2-4,10,14-15H2,1H3/b6-5-,12-11+/t17-,19-,20-,21+,22-/m1/s1. The van der Waals surface area contributed by atoms with Crippen molar-refractivity contribution in [2.75, 3.05) is 6.61 Å². The molecule has 0 unspecified atom stereocenters. The minimum atomic E-state index is -4.46. The first-order valence-electron chi connectivity index (χ1n) is 10.4. The quantitative estimate of drug-likeness (QED) is 0.379. The second kappa shape index (κ2) is 11.5. The number of aliphatic hydroxyl groups excluding tert-OH is 3. The molecule has 1 saturated carbocycles. The van der Waals surface area contributed by atoms with Crippen LogP contribution in [0.4, 0.5) is 13.2 Å². The number of allylic oxidation sites excluding steroid dienone is 2. The highest BCUT2D eigenvalue weighted by Crippen LogP contribution is 2.36. The van der Waals surface area contributed by atoms with Gasteiger partial charge in [0.1, 0.15) is 18.5 Å². The van der Waals surface area contributed by atoms with Crippen LogP contribution in [0.25, 0.3) is 0 Å². The van der Waals surface area contributed by atoms with Crippen LogP contribution in [0.3, 0.4) is 0 Å². The Morgan fingerprint density at radius 1 is 1.20 bits per heavy atom. The Morgan fingerprint density at radius 2 is 1.97 bits per heavy atom. The van der Waals surface area contributed by atoms with E-state index in [1.54, 1.807) is 6.08 Å². The van der Waals surface area contributed by atoms with E-state index in [1.165, 1.54) is 18.2 Å². The number of hydrogen-bond acceptors (Lipinski definition) is 4. The van der Waals surface area contributed by atoms with Gasteiger partial charge in [0.2, 0.25) is 0 Å². The minimum Gasteiger partial charge on any atom is -0.491 e. The van der Waals surface area contributed by atoms with Crippen LogP contribution in [0.2, 0.25) is 0 Å². The molecule has 0 radical (unpaired) electrons. The van der Waals surface area contributed by atoms with E-state index in [9.17, 15) is 28.5 Å². The van der Waals surface area contributed by atoms with E-state index in [2.05, 4.69) is 13.0 Å². The molecule has 1 aromatic carbocycles. The van der Waals surface area contributed by atoms with Crippen molar-refractivity contribution >= 4 is 0 Å². The van der Waals surface area contributed by atoms with Gasteiger partial charge in [0.15, 0.2) is 0 Å². The minimum absolute atomic E-state index is 0.0173. The number of rotatable bonds is 10. The van der Waals surface area contributed by atoms with Gasteiger partial charge in [-0.25, -0.2) is 0 Å². The Hall–Kier alpha value is -1.83. The number of alkyl halides is 3. The predicted molar refractivity (Wildman–Crippen MR) is 109 cm³/mol. The second-order valence-electron chi connectivity index (χ2n) is 7.75. The molecule has 0 heterocycles. The van der Waals surface area contributed by atoms with Gasteiger partial charge in [-0.15, -0.1) is 0 Å². The van der Waals surface area contributed by atoms with Crippen molar-refractivity contribution < 1.29 is 33.2 Å². The molecule has 1 aliphatic carbocycles. The van der Waals surface area contributed by atoms with Crippen molar-refractivity contribution in [3.05, 3.63) is 54.1 Å². The predicted octanol–water partition coefficient (Wildman–Crippen LogP) is 4.50. The van der Waals surface area contributed by atoms with Crippen molar-refractivity contribution in [1.82, 2.24) is 0 Å². The molecule has 30 heavy (non-hydrogen) atoms. The molecular weight excluding hydrogens is 397 g/mol. The Morgan fingerprint density at radius 3 is 2.67 bits per heavy atom. The Kier molecular flexibility index (Phi) is 9.39. The average molecular weight is 428 g/mol. The van der Waals surface area contributed by atoms with Crippen LogP contribution in [0, 0.1) is 11.8 Å². The number of benzene rings is 1. The molecule has 4 nitrogen and oxygen atoms in total. The van der Waals surface area contributed by atoms with Gasteiger partial charge in [0.05, 0.1) is 17.8 Å². The van der Waals surface area contributed by atoms with Crippen LogP contribution < -0.4 is 4.74 Å². The van der Waals surface area contributed by atoms with E-state index < -0.39 is 30.1 Å². The summed E-state index contributed by atoms with van der Waals surface area (Å²) >= 11 is 0. The SMILES string of the molecule is CCCC/C=C\C[C@@H]1[C@@H](/C=C/[C@@H](O)COc2cccc(C(F)(F)F)c2)[C@H](O)C[C@@H]1O. The number of hydrogen-bond donors (Lipinski definition) is 3. The zero-order chi connectivity index (χ0) is 22.1. The number of aliphatic hydroxyl groups is 3. The fourth-order valence-corrected chi connectivity index (χ4v) is 3.66. The lowest BCUT2D eigenvalue weighted by Crippen LogP contribution is -2.21. The molecule has 1 aromatic rings. The van der Waals surface area contributed by atoms with E-state index in [0.717, 1.165) is 31.4 Å². The van der Waals surface area contributed by atoms with Crippen LogP contribution in [0.15, 0.2) is 48.6 Å². The fourth-order valence-electron chi connectivity index (χ4n) is 3.66. The van der Waals surface area contributed by atoms with Crippen molar-refractivity contribution in [2.45, 2.75) is 63.5 Å². The highest BCUT2D eigenvalue weighted by atomic mass is 19.4. The molecule has 0 saturated heterocycles. The van der Waals surface area contributed by atoms with Gasteiger partial charge in [-0.3, -0.25) is 0 Å². The summed E-state index contributed by atoms with van der Waals surface area (Å²) in [4.78, 5) is 0. The summed E-state index contributed by atoms with van der Waals surface area (Å²) in [7, 11) is 0. The molecule has 168 valence electrons. The van der Waals surface area contributed by atoms with Gasteiger partial charge in [-0.1, -0.05) is 50.1 Å². The first-order valence-corrected chi connectivity index (χ1v) is 10.4. The van der Waals surface area contributed by atoms with Crippen LogP contribution in [-0.4, -0.2) is 40.2 Å². The molecule has 0 bridgehead atoms. The third-order valence-corrected chi connectivity index (χ3v) is 5.35. The summed E-state index contributed by atoms with van der Waals surface area (Å²) in [6.45, 7) is 1.90. The van der Waals surface area contributed by atoms with Gasteiger partial charge < -0.3 is 20.1 Å². The number of unbranched alkanes of at least 4 members (excludes halogenated alkanes) is 2. The molecule has 1 fully saturated rings. The largest absolute Gasteiger partial charge is 0.491 e. The smallest absolute Gasteiger partial charge is 0.416 e. The van der Waals surface area contributed by atoms with E-state index in [4.69, 9.17) is 4.74 Å². The van der Waals surface area contributed by atoms with Crippen LogP contribution in [0.5, 0.6) is 5.75 Å². The zero-order valence-electron chi connectivity index (χ0n) is 17.1. The van der Waals surface area contributed by atoms with Gasteiger partial charge >= 0.3 is 6.18 Å². The third kappa shape index (κ3) is 7.45. The van der Waals surface area contributed by atoms with Crippen molar-refractivity contribution in [3.63, 3.8) is 0 Å². The molecule has 3 N–H and O–H groups in total. The fraction of sp³-hybridized carbons (Fsp3) is 0.565. The Bertz CT molecular complexity index is 702. The first kappa shape index (κ1) is 24.4. The van der Waals surface area contributed by atoms with E-state index in [-0.39, 0.29) is 30.6 Å². The summed E-state index contributed by atoms with van der Waals surface area (Å²) in [5.41, 5.74) is -0.817. The van der Waals surface area contributed by atoms with E-state index in [1.807, 2.05) is 6.08 Å². The van der Waals surface area contributed by atoms with Crippen LogP contribution in [0.1, 0.15) is 44.6 Å². The summed E-state index contributed by atoms with van der Waals surface area (Å²) in [6.07, 6.45) is 4.51. The molecule has 0 amide bonds. The normalized spacial score (nSPS) is 26.0. The molecular formula is C23H31F3O4. The lowest BCUT2D eigenvalue weighted by Gasteiger charge is -2.19. The zero-order valence-corrected chi connectivity index (χ0v) is 17.1. The highest BCUT2D eigenvalue weighted by Gasteiger charge is 2.39. The van der Waals surface area contributed by atoms with E-state index >= 15 is 0 Å². The molecule has 7 heteroatoms. The summed E-state index contributed by atoms with van der Waals surface area (Å²) in [6, 6.07) is 4.47. The van der Waals surface area contributed by atoms with Crippen molar-refractivity contribution in [2.24, 2.45) is 11.8 Å². The topological polar surface area (TPSA) is 69.9 Å². The maximum atomic E-state index is 12.7. The summed E-state index contributed by atoms with van der Waals surface area (Å²) < 4.78 is 43.5. The van der Waals surface area contributed by atoms with Crippen molar-refractivity contribution in [1.29, 1.82) is 0 Å². The van der Waals surface area contributed by atoms with Gasteiger partial charge in [0.25, 0.3) is 0 Å². The van der Waals surface area contributed by atoms with Crippen LogP contribution >= 0.6 is 0 Å². The maximum Gasteiger partial charge on any atom is 0.416 e. The lowest BCUT2D eigenvalue weighted by atomic mass is 9.89. The van der Waals surface area contributed by atoms with Crippen molar-refractivity contribution in [3.8, 4) is 5.75 Å². The van der Waals surface area contributed by atoms with Gasteiger partial charge in [-0.2, -0.15) is 13.2 Å². The molecule has 1 aliphatic rings. The Labute approximate surface area is 175 Å². The number of halogens is 3. The van der Waals surface area contributed by atoms with Gasteiger partial charge in [0, 0.05) is 12.3 Å². The van der Waals surface area contributed by atoms with Gasteiger partial charge in [-0.05, 0) is 37.0 Å².